The summed E-state index contributed by atoms with van der Waals surface area (Å²) < 4.78 is 40.0. The highest BCUT2D eigenvalue weighted by Gasteiger charge is 2.28. The highest BCUT2D eigenvalue weighted by atomic mass is 32.2. The smallest absolute Gasteiger partial charge is 0.332 e. The first-order valence-corrected chi connectivity index (χ1v) is 9.84. The van der Waals surface area contributed by atoms with Gasteiger partial charge in [-0.25, -0.2) is 13.2 Å². The van der Waals surface area contributed by atoms with Crippen molar-refractivity contribution in [2.45, 2.75) is 10.9 Å². The molecule has 0 atom stereocenters. The number of nitrogens with zero attached hydrogens (tertiary/aromatic N) is 4. The van der Waals surface area contributed by atoms with Crippen LogP contribution in [0, 0.1) is 0 Å². The summed E-state index contributed by atoms with van der Waals surface area (Å²) in [6, 6.07) is 4.94. The van der Waals surface area contributed by atoms with Crippen molar-refractivity contribution in [2.24, 2.45) is 21.1 Å². The fourth-order valence-corrected chi connectivity index (χ4v) is 4.63. The fourth-order valence-electron chi connectivity index (χ4n) is 3.10. The Balaban J connectivity index is 2.25. The maximum atomic E-state index is 13.1. The lowest BCUT2D eigenvalue weighted by Crippen LogP contribution is -2.37. The molecule has 0 bridgehead atoms. The van der Waals surface area contributed by atoms with Crippen LogP contribution < -0.4 is 20.7 Å². The quantitative estimate of drug-likeness (QED) is 0.582. The van der Waals surface area contributed by atoms with Crippen molar-refractivity contribution in [1.29, 1.82) is 0 Å². The van der Waals surface area contributed by atoms with Crippen molar-refractivity contribution in [2.75, 3.05) is 14.2 Å². The summed E-state index contributed by atoms with van der Waals surface area (Å²) in [5, 5.41) is -0.325. The summed E-state index contributed by atoms with van der Waals surface area (Å²) in [6.07, 6.45) is 0. The van der Waals surface area contributed by atoms with Crippen molar-refractivity contribution < 1.29 is 17.9 Å². The van der Waals surface area contributed by atoms with Gasteiger partial charge in [0.2, 0.25) is 15.0 Å². The van der Waals surface area contributed by atoms with E-state index in [-0.39, 0.29) is 16.3 Å². The van der Waals surface area contributed by atoms with Crippen LogP contribution in [0.1, 0.15) is 5.56 Å². The number of fused-ring (bicyclic) bond motifs is 1. The van der Waals surface area contributed by atoms with Gasteiger partial charge in [-0.2, -0.15) is 4.98 Å². The lowest BCUT2D eigenvalue weighted by Gasteiger charge is -2.13. The third-order valence-electron chi connectivity index (χ3n) is 4.58. The molecular formula is C17H20N4O6S. The number of hydrogen-bond donors (Lipinski definition) is 0. The Kier molecular flexibility index (Phi) is 4.79. The number of imidazole rings is 1. The third kappa shape index (κ3) is 2.87. The molecule has 0 aliphatic rings. The second kappa shape index (κ2) is 6.82. The van der Waals surface area contributed by atoms with E-state index in [2.05, 4.69) is 4.98 Å². The van der Waals surface area contributed by atoms with Crippen LogP contribution in [0.3, 0.4) is 0 Å². The largest absolute Gasteiger partial charge is 0.496 e. The average Bonchev–Trinajstić information content (AvgIpc) is 3.02. The molecule has 0 saturated carbocycles. The number of benzene rings is 1. The lowest BCUT2D eigenvalue weighted by atomic mass is 10.2. The Hall–Kier alpha value is -3.08. The molecule has 0 unspecified atom stereocenters. The molecule has 150 valence electrons. The zero-order chi connectivity index (χ0) is 20.8. The van der Waals surface area contributed by atoms with E-state index in [9.17, 15) is 18.0 Å². The first kappa shape index (κ1) is 19.7. The molecule has 3 rings (SSSR count). The van der Waals surface area contributed by atoms with Gasteiger partial charge in [0.25, 0.3) is 5.56 Å². The monoisotopic (exact) mass is 408 g/mol. The van der Waals surface area contributed by atoms with Crippen LogP contribution in [0.4, 0.5) is 0 Å². The molecule has 3 aromatic rings. The second-order valence-corrected chi connectivity index (χ2v) is 8.11. The van der Waals surface area contributed by atoms with Crippen LogP contribution in [-0.2, 0) is 36.7 Å². The molecule has 0 aliphatic heterocycles. The van der Waals surface area contributed by atoms with Gasteiger partial charge in [-0.1, -0.05) is 6.07 Å². The molecule has 1 aromatic carbocycles. The number of hydrogen-bond acceptors (Lipinski definition) is 7. The zero-order valence-electron chi connectivity index (χ0n) is 16.1. The van der Waals surface area contributed by atoms with Gasteiger partial charge < -0.3 is 14.0 Å². The molecule has 0 spiro atoms. The van der Waals surface area contributed by atoms with Crippen molar-refractivity contribution >= 4 is 21.0 Å². The minimum Gasteiger partial charge on any atom is -0.496 e. The van der Waals surface area contributed by atoms with Gasteiger partial charge in [0, 0.05) is 21.1 Å². The molecule has 0 aliphatic carbocycles. The number of rotatable bonds is 5. The van der Waals surface area contributed by atoms with E-state index in [1.165, 1.54) is 39.9 Å². The summed E-state index contributed by atoms with van der Waals surface area (Å²) in [5.74, 6) is 0.251. The highest BCUT2D eigenvalue weighted by Crippen LogP contribution is 2.31. The molecule has 2 aromatic heterocycles. The summed E-state index contributed by atoms with van der Waals surface area (Å²) in [4.78, 5) is 28.7. The van der Waals surface area contributed by atoms with Crippen molar-refractivity contribution in [3.05, 3.63) is 44.6 Å². The Morgan fingerprint density at radius 3 is 2.07 bits per heavy atom. The van der Waals surface area contributed by atoms with Crippen LogP contribution >= 0.6 is 0 Å². The topological polar surface area (TPSA) is 114 Å². The van der Waals surface area contributed by atoms with E-state index in [4.69, 9.17) is 9.47 Å². The zero-order valence-corrected chi connectivity index (χ0v) is 16.9. The molecular weight excluding hydrogens is 388 g/mol. The predicted octanol–water partition coefficient (Wildman–Crippen LogP) is -0.0382. The Morgan fingerprint density at radius 2 is 1.54 bits per heavy atom. The number of sulfone groups is 1. The summed E-state index contributed by atoms with van der Waals surface area (Å²) >= 11 is 0. The van der Waals surface area contributed by atoms with Crippen LogP contribution in [0.25, 0.3) is 11.2 Å². The van der Waals surface area contributed by atoms with E-state index in [0.29, 0.717) is 17.1 Å². The predicted molar refractivity (Wildman–Crippen MR) is 102 cm³/mol. The van der Waals surface area contributed by atoms with Gasteiger partial charge in [-0.05, 0) is 12.1 Å². The van der Waals surface area contributed by atoms with Crippen LogP contribution in [-0.4, -0.2) is 41.3 Å². The van der Waals surface area contributed by atoms with E-state index in [0.717, 1.165) is 9.13 Å². The summed E-state index contributed by atoms with van der Waals surface area (Å²) in [5.41, 5.74) is -0.854. The Morgan fingerprint density at radius 1 is 0.964 bits per heavy atom. The SMILES string of the molecule is COc1cccc(OC)c1CS(=O)(=O)c1nc2c(c(=O)n(C)c(=O)n2C)n1C. The van der Waals surface area contributed by atoms with Gasteiger partial charge in [-0.3, -0.25) is 13.9 Å². The van der Waals surface area contributed by atoms with E-state index in [1.807, 2.05) is 0 Å². The summed E-state index contributed by atoms with van der Waals surface area (Å²) in [6.45, 7) is 0. The van der Waals surface area contributed by atoms with Crippen LogP contribution in [0.2, 0.25) is 0 Å². The summed E-state index contributed by atoms with van der Waals surface area (Å²) in [7, 11) is 3.03. The highest BCUT2D eigenvalue weighted by molar-refractivity contribution is 7.90. The minimum absolute atomic E-state index is 0.00108. The van der Waals surface area contributed by atoms with Crippen molar-refractivity contribution in [1.82, 2.24) is 18.7 Å². The molecule has 28 heavy (non-hydrogen) atoms. The molecule has 10 nitrogen and oxygen atoms in total. The average molecular weight is 408 g/mol. The molecule has 0 radical (unpaired) electrons. The van der Waals surface area contributed by atoms with Crippen molar-refractivity contribution in [3.63, 3.8) is 0 Å². The Labute approximate surface area is 160 Å². The standard InChI is InChI=1S/C17H20N4O6S/c1-19-13-14(20(2)17(23)21(3)15(13)22)18-16(19)28(24,25)9-10-11(26-4)7-6-8-12(10)27-5/h6-8H,9H2,1-5H3. The molecule has 11 heteroatoms. The maximum Gasteiger partial charge on any atom is 0.332 e. The third-order valence-corrected chi connectivity index (χ3v) is 6.17. The number of aromatic nitrogens is 4. The van der Waals surface area contributed by atoms with Crippen molar-refractivity contribution in [3.8, 4) is 11.5 Å². The van der Waals surface area contributed by atoms with E-state index < -0.39 is 26.8 Å². The molecule has 0 amide bonds. The van der Waals surface area contributed by atoms with Gasteiger partial charge in [0.1, 0.15) is 11.5 Å². The number of methoxy groups -OCH3 is 2. The fraction of sp³-hybridized carbons (Fsp3) is 0.353. The number of ether oxygens (including phenoxy) is 2. The van der Waals surface area contributed by atoms with Gasteiger partial charge in [-0.15, -0.1) is 0 Å². The van der Waals surface area contributed by atoms with E-state index >= 15 is 0 Å². The first-order chi connectivity index (χ1) is 13.1. The Bertz CT molecular complexity index is 1280. The van der Waals surface area contributed by atoms with Crippen LogP contribution in [0.15, 0.2) is 32.9 Å². The van der Waals surface area contributed by atoms with Gasteiger partial charge in [0.15, 0.2) is 11.2 Å². The first-order valence-electron chi connectivity index (χ1n) is 8.19. The molecule has 2 heterocycles. The maximum absolute atomic E-state index is 13.1. The lowest BCUT2D eigenvalue weighted by molar-refractivity contribution is 0.387. The molecule has 0 fully saturated rings. The van der Waals surface area contributed by atoms with Crippen LogP contribution in [0.5, 0.6) is 11.5 Å². The van der Waals surface area contributed by atoms with Gasteiger partial charge in [0.05, 0.1) is 25.5 Å². The minimum atomic E-state index is -4.00. The second-order valence-electron chi connectivity index (χ2n) is 6.23. The normalized spacial score (nSPS) is 11.8. The number of aryl methyl sites for hydroxylation is 2. The molecule has 0 saturated heterocycles. The van der Waals surface area contributed by atoms with E-state index in [1.54, 1.807) is 18.2 Å². The molecule has 0 N–H and O–H groups in total. The van der Waals surface area contributed by atoms with Gasteiger partial charge >= 0.3 is 5.69 Å².